The van der Waals surface area contributed by atoms with Crippen LogP contribution in [-0.2, 0) is 21.2 Å². The molecule has 0 fully saturated rings. The Labute approximate surface area is 153 Å². The molecule has 2 aromatic carbocycles. The van der Waals surface area contributed by atoms with Gasteiger partial charge in [0.15, 0.2) is 0 Å². The normalized spacial score (nSPS) is 11.2. The summed E-state index contributed by atoms with van der Waals surface area (Å²) in [6, 6.07) is 12.4. The lowest BCUT2D eigenvalue weighted by Crippen LogP contribution is -2.38. The van der Waals surface area contributed by atoms with Gasteiger partial charge >= 0.3 is 0 Å². The Bertz CT molecular complexity index is 882. The Morgan fingerprint density at radius 1 is 1.20 bits per heavy atom. The lowest BCUT2D eigenvalue weighted by molar-refractivity contribution is -0.114. The highest BCUT2D eigenvalue weighted by molar-refractivity contribution is 7.92. The minimum atomic E-state index is -3.65. The summed E-state index contributed by atoms with van der Waals surface area (Å²) in [5, 5.41) is 3.20. The number of halogens is 1. The van der Waals surface area contributed by atoms with Gasteiger partial charge in [0.1, 0.15) is 6.54 Å². The van der Waals surface area contributed by atoms with E-state index in [1.807, 2.05) is 25.1 Å². The van der Waals surface area contributed by atoms with Crippen LogP contribution in [0.25, 0.3) is 0 Å². The van der Waals surface area contributed by atoms with E-state index in [9.17, 15) is 13.2 Å². The monoisotopic (exact) mass is 380 g/mol. The van der Waals surface area contributed by atoms with E-state index in [4.69, 9.17) is 11.6 Å². The maximum atomic E-state index is 12.5. The molecule has 0 heterocycles. The molecule has 0 radical (unpaired) electrons. The zero-order chi connectivity index (χ0) is 18.6. The number of carbonyl (C=O) groups is 1. The number of nitrogens with one attached hydrogen (secondary N) is 1. The van der Waals surface area contributed by atoms with Gasteiger partial charge in [-0.05, 0) is 42.7 Å². The van der Waals surface area contributed by atoms with E-state index in [2.05, 4.69) is 5.32 Å². The van der Waals surface area contributed by atoms with Crippen LogP contribution in [0.3, 0.4) is 0 Å². The van der Waals surface area contributed by atoms with Crippen molar-refractivity contribution in [2.75, 3.05) is 22.4 Å². The van der Waals surface area contributed by atoms with E-state index in [1.165, 1.54) is 0 Å². The van der Waals surface area contributed by atoms with Crippen LogP contribution in [0.5, 0.6) is 0 Å². The van der Waals surface area contributed by atoms with Gasteiger partial charge in [-0.3, -0.25) is 9.10 Å². The number of carbonyl (C=O) groups excluding carboxylic acids is 1. The molecule has 0 aliphatic rings. The van der Waals surface area contributed by atoms with Crippen molar-refractivity contribution in [3.8, 4) is 0 Å². The zero-order valence-corrected chi connectivity index (χ0v) is 16.0. The number of para-hydroxylation sites is 1. The summed E-state index contributed by atoms with van der Waals surface area (Å²) in [6.07, 6.45) is 1.83. The molecule has 1 amide bonds. The Morgan fingerprint density at radius 3 is 2.52 bits per heavy atom. The second-order valence-electron chi connectivity index (χ2n) is 5.76. The molecule has 0 atom stereocenters. The van der Waals surface area contributed by atoms with Crippen molar-refractivity contribution in [1.29, 1.82) is 0 Å². The highest BCUT2D eigenvalue weighted by atomic mass is 35.5. The molecule has 2 aromatic rings. The summed E-state index contributed by atoms with van der Waals surface area (Å²) in [4.78, 5) is 12.5. The van der Waals surface area contributed by atoms with E-state index in [0.29, 0.717) is 16.4 Å². The molecule has 0 aliphatic heterocycles. The highest BCUT2D eigenvalue weighted by Crippen LogP contribution is 2.26. The number of aryl methyl sites for hydroxylation is 2. The van der Waals surface area contributed by atoms with Crippen LogP contribution in [0.1, 0.15) is 18.1 Å². The van der Waals surface area contributed by atoms with Crippen molar-refractivity contribution in [2.24, 2.45) is 0 Å². The average molecular weight is 381 g/mol. The summed E-state index contributed by atoms with van der Waals surface area (Å²) in [7, 11) is -3.65. The molecule has 0 unspecified atom stereocenters. The number of anilines is 2. The molecule has 0 saturated carbocycles. The molecular weight excluding hydrogens is 360 g/mol. The smallest absolute Gasteiger partial charge is 0.245 e. The standard InChI is InChI=1S/C18H21ClN2O3S/c1-4-14-7-5-6-8-16(14)20-18(22)12-21(25(3,23)24)17-11-15(19)10-9-13(17)2/h5-11H,4,12H2,1-3H3,(H,20,22). The first-order chi connectivity index (χ1) is 11.7. The van der Waals surface area contributed by atoms with Gasteiger partial charge in [-0.1, -0.05) is 42.8 Å². The third-order valence-electron chi connectivity index (χ3n) is 3.80. The van der Waals surface area contributed by atoms with Crippen molar-refractivity contribution in [2.45, 2.75) is 20.3 Å². The van der Waals surface area contributed by atoms with Crippen LogP contribution in [0.4, 0.5) is 11.4 Å². The Balaban J connectivity index is 2.29. The molecule has 2 rings (SSSR count). The van der Waals surface area contributed by atoms with Gasteiger partial charge in [0.25, 0.3) is 0 Å². The Hall–Kier alpha value is -2.05. The van der Waals surface area contributed by atoms with Crippen LogP contribution >= 0.6 is 11.6 Å². The third-order valence-corrected chi connectivity index (χ3v) is 5.16. The van der Waals surface area contributed by atoms with Crippen molar-refractivity contribution in [1.82, 2.24) is 0 Å². The predicted molar refractivity (Wildman–Crippen MR) is 103 cm³/mol. The van der Waals surface area contributed by atoms with Crippen molar-refractivity contribution in [3.05, 3.63) is 58.6 Å². The molecule has 5 nitrogen and oxygen atoms in total. The molecule has 7 heteroatoms. The van der Waals surface area contributed by atoms with E-state index in [0.717, 1.165) is 28.1 Å². The summed E-state index contributed by atoms with van der Waals surface area (Å²) in [6.45, 7) is 3.44. The number of rotatable bonds is 6. The number of benzene rings is 2. The van der Waals surface area contributed by atoms with Crippen LogP contribution in [-0.4, -0.2) is 27.1 Å². The molecular formula is C18H21ClN2O3S. The molecule has 0 bridgehead atoms. The molecule has 1 N–H and O–H groups in total. The summed E-state index contributed by atoms with van der Waals surface area (Å²) < 4.78 is 25.5. The summed E-state index contributed by atoms with van der Waals surface area (Å²) >= 11 is 5.99. The van der Waals surface area contributed by atoms with Crippen LogP contribution < -0.4 is 9.62 Å². The Kier molecular flexibility index (Phi) is 6.08. The number of nitrogens with zero attached hydrogens (tertiary/aromatic N) is 1. The second-order valence-corrected chi connectivity index (χ2v) is 8.10. The fourth-order valence-corrected chi connectivity index (χ4v) is 3.58. The number of hydrogen-bond donors (Lipinski definition) is 1. The van der Waals surface area contributed by atoms with Gasteiger partial charge in [-0.2, -0.15) is 0 Å². The van der Waals surface area contributed by atoms with Crippen molar-refractivity contribution < 1.29 is 13.2 Å². The van der Waals surface area contributed by atoms with Gasteiger partial charge in [-0.25, -0.2) is 8.42 Å². The van der Waals surface area contributed by atoms with Crippen molar-refractivity contribution in [3.63, 3.8) is 0 Å². The maximum absolute atomic E-state index is 12.5. The van der Waals surface area contributed by atoms with Gasteiger partial charge in [0.05, 0.1) is 11.9 Å². The SMILES string of the molecule is CCc1ccccc1NC(=O)CN(c1cc(Cl)ccc1C)S(C)(=O)=O. The first-order valence-electron chi connectivity index (χ1n) is 7.84. The summed E-state index contributed by atoms with van der Waals surface area (Å²) in [5.74, 6) is -0.411. The van der Waals surface area contributed by atoms with Gasteiger partial charge in [-0.15, -0.1) is 0 Å². The zero-order valence-electron chi connectivity index (χ0n) is 14.4. The first-order valence-corrected chi connectivity index (χ1v) is 10.1. The molecule has 0 spiro atoms. The minimum Gasteiger partial charge on any atom is -0.324 e. The lowest BCUT2D eigenvalue weighted by Gasteiger charge is -2.24. The fourth-order valence-electron chi connectivity index (χ4n) is 2.50. The van der Waals surface area contributed by atoms with Gasteiger partial charge in [0, 0.05) is 10.7 Å². The molecule has 134 valence electrons. The second kappa shape index (κ2) is 7.89. The van der Waals surface area contributed by atoms with Crippen LogP contribution in [0.2, 0.25) is 5.02 Å². The lowest BCUT2D eigenvalue weighted by atomic mass is 10.1. The topological polar surface area (TPSA) is 66.5 Å². The van der Waals surface area contributed by atoms with E-state index >= 15 is 0 Å². The van der Waals surface area contributed by atoms with Crippen LogP contribution in [0.15, 0.2) is 42.5 Å². The number of amides is 1. The third kappa shape index (κ3) is 4.96. The molecule has 0 aliphatic carbocycles. The molecule has 25 heavy (non-hydrogen) atoms. The molecule has 0 aromatic heterocycles. The predicted octanol–water partition coefficient (Wildman–Crippen LogP) is 3.62. The van der Waals surface area contributed by atoms with Crippen molar-refractivity contribution >= 4 is 38.9 Å². The van der Waals surface area contributed by atoms with E-state index in [-0.39, 0.29) is 6.54 Å². The Morgan fingerprint density at radius 2 is 1.88 bits per heavy atom. The number of sulfonamides is 1. The minimum absolute atomic E-state index is 0.321. The first kappa shape index (κ1) is 19.3. The van der Waals surface area contributed by atoms with Gasteiger partial charge in [0.2, 0.25) is 15.9 Å². The fraction of sp³-hybridized carbons (Fsp3) is 0.278. The number of hydrogen-bond acceptors (Lipinski definition) is 3. The van der Waals surface area contributed by atoms with Crippen LogP contribution in [0, 0.1) is 6.92 Å². The highest BCUT2D eigenvalue weighted by Gasteiger charge is 2.23. The molecule has 0 saturated heterocycles. The average Bonchev–Trinajstić information content (AvgIpc) is 2.54. The summed E-state index contributed by atoms with van der Waals surface area (Å²) in [5.41, 5.74) is 2.79. The van der Waals surface area contributed by atoms with E-state index in [1.54, 1.807) is 31.2 Å². The largest absolute Gasteiger partial charge is 0.324 e. The van der Waals surface area contributed by atoms with Gasteiger partial charge < -0.3 is 5.32 Å². The van der Waals surface area contributed by atoms with E-state index < -0.39 is 15.9 Å². The maximum Gasteiger partial charge on any atom is 0.245 e. The quantitative estimate of drug-likeness (QED) is 0.832.